The molecule has 20 heavy (non-hydrogen) atoms. The summed E-state index contributed by atoms with van der Waals surface area (Å²) < 4.78 is 0. The van der Waals surface area contributed by atoms with Crippen LogP contribution in [0.1, 0.15) is 40.0 Å². The van der Waals surface area contributed by atoms with E-state index in [-0.39, 0.29) is 11.3 Å². The second-order valence-corrected chi connectivity index (χ2v) is 6.48. The van der Waals surface area contributed by atoms with Crippen molar-refractivity contribution < 1.29 is 4.79 Å². The molecule has 0 aliphatic carbocycles. The normalized spacial score (nSPS) is 13.1. The Bertz CT molecular complexity index is 426. The second-order valence-electron chi connectivity index (χ2n) is 6.10. The molecule has 0 aliphatic heterocycles. The van der Waals surface area contributed by atoms with E-state index in [0.717, 1.165) is 12.8 Å². The van der Waals surface area contributed by atoms with Gasteiger partial charge in [0.2, 0.25) is 5.91 Å². The summed E-state index contributed by atoms with van der Waals surface area (Å²) in [5, 5.41) is 3.24. The number of aromatic nitrogens is 1. The van der Waals surface area contributed by atoms with Crippen molar-refractivity contribution in [3.8, 4) is 0 Å². The molecule has 1 unspecified atom stereocenters. The molecule has 0 aromatic carbocycles. The van der Waals surface area contributed by atoms with Crippen LogP contribution in [0.15, 0.2) is 18.3 Å². The van der Waals surface area contributed by atoms with Gasteiger partial charge in [-0.05, 0) is 42.9 Å². The lowest BCUT2D eigenvalue weighted by molar-refractivity contribution is -0.116. The molecular weight excluding hydrogens is 274 g/mol. The number of nitrogens with two attached hydrogens (primary N) is 1. The predicted octanol–water partition coefficient (Wildman–Crippen LogP) is 3.46. The van der Waals surface area contributed by atoms with E-state index < -0.39 is 0 Å². The largest absolute Gasteiger partial charge is 0.330 e. The Morgan fingerprint density at radius 1 is 1.40 bits per heavy atom. The fourth-order valence-corrected chi connectivity index (χ4v) is 2.30. The molecule has 5 heteroatoms. The molecule has 112 valence electrons. The Labute approximate surface area is 126 Å². The van der Waals surface area contributed by atoms with Crippen molar-refractivity contribution in [2.45, 2.75) is 40.0 Å². The van der Waals surface area contributed by atoms with Gasteiger partial charge in [-0.1, -0.05) is 32.4 Å². The van der Waals surface area contributed by atoms with Gasteiger partial charge >= 0.3 is 0 Å². The van der Waals surface area contributed by atoms with Crippen LogP contribution >= 0.6 is 11.6 Å². The number of nitrogens with one attached hydrogen (secondary N) is 1. The molecule has 3 N–H and O–H groups in total. The first-order valence-electron chi connectivity index (χ1n) is 6.94. The maximum absolute atomic E-state index is 11.9. The Balaban J connectivity index is 2.47. The Hall–Kier alpha value is -1.13. The number of nitrogens with zero attached hydrogens (tertiary/aromatic N) is 1. The molecule has 0 saturated carbocycles. The number of hydrogen-bond acceptors (Lipinski definition) is 3. The third-order valence-electron chi connectivity index (χ3n) is 3.47. The van der Waals surface area contributed by atoms with Crippen LogP contribution < -0.4 is 11.1 Å². The molecule has 4 nitrogen and oxygen atoms in total. The first kappa shape index (κ1) is 16.9. The molecule has 0 aliphatic rings. The minimum Gasteiger partial charge on any atom is -0.330 e. The fourth-order valence-electron chi connectivity index (χ4n) is 2.19. The number of carbonyl (C=O) groups excluding carboxylic acids is 1. The minimum atomic E-state index is 0.000365. The number of hydrogen-bond donors (Lipinski definition) is 2. The molecule has 0 bridgehead atoms. The predicted molar refractivity (Wildman–Crippen MR) is 83.7 cm³/mol. The van der Waals surface area contributed by atoms with Gasteiger partial charge in [0, 0.05) is 6.42 Å². The molecule has 1 amide bonds. The van der Waals surface area contributed by atoms with Crippen molar-refractivity contribution in [3.05, 3.63) is 23.5 Å². The maximum atomic E-state index is 11.9. The van der Waals surface area contributed by atoms with Gasteiger partial charge in [0.05, 0.1) is 11.9 Å². The van der Waals surface area contributed by atoms with Gasteiger partial charge in [0.15, 0.2) is 0 Å². The highest BCUT2D eigenvalue weighted by Crippen LogP contribution is 2.32. The van der Waals surface area contributed by atoms with E-state index >= 15 is 0 Å². The van der Waals surface area contributed by atoms with Crippen molar-refractivity contribution in [1.29, 1.82) is 0 Å². The molecule has 1 atom stereocenters. The zero-order chi connectivity index (χ0) is 15.2. The number of carbonyl (C=O) groups is 1. The van der Waals surface area contributed by atoms with Crippen molar-refractivity contribution in [2.24, 2.45) is 17.1 Å². The molecule has 0 spiro atoms. The number of anilines is 1. The number of halogens is 1. The third-order valence-corrected chi connectivity index (χ3v) is 3.69. The highest BCUT2D eigenvalue weighted by atomic mass is 35.5. The highest BCUT2D eigenvalue weighted by molar-refractivity contribution is 6.29. The zero-order valence-electron chi connectivity index (χ0n) is 12.4. The van der Waals surface area contributed by atoms with E-state index in [2.05, 4.69) is 31.1 Å². The summed E-state index contributed by atoms with van der Waals surface area (Å²) in [5.41, 5.74) is 6.49. The van der Waals surface area contributed by atoms with Crippen molar-refractivity contribution in [2.75, 3.05) is 11.9 Å². The van der Waals surface area contributed by atoms with E-state index in [1.807, 2.05) is 0 Å². The first-order chi connectivity index (χ1) is 9.32. The molecule has 0 radical (unpaired) electrons. The van der Waals surface area contributed by atoms with Gasteiger partial charge in [-0.15, -0.1) is 0 Å². The molecule has 0 fully saturated rings. The van der Waals surface area contributed by atoms with Crippen molar-refractivity contribution in [3.63, 3.8) is 0 Å². The summed E-state index contributed by atoms with van der Waals surface area (Å²) in [5.74, 6) is 0.446. The molecule has 1 heterocycles. The van der Waals surface area contributed by atoms with Crippen LogP contribution in [-0.2, 0) is 4.79 Å². The van der Waals surface area contributed by atoms with Gasteiger partial charge in [-0.2, -0.15) is 0 Å². The SMILES string of the molecule is CC(C)(C)C(CCN)CCC(=O)Nc1ccc(Cl)nc1. The molecule has 1 aromatic rings. The van der Waals surface area contributed by atoms with Crippen LogP contribution in [0.4, 0.5) is 5.69 Å². The molecule has 0 saturated heterocycles. The van der Waals surface area contributed by atoms with E-state index in [1.54, 1.807) is 18.3 Å². The van der Waals surface area contributed by atoms with Crippen LogP contribution in [0.3, 0.4) is 0 Å². The maximum Gasteiger partial charge on any atom is 0.224 e. The lowest BCUT2D eigenvalue weighted by atomic mass is 9.76. The zero-order valence-corrected chi connectivity index (χ0v) is 13.2. The summed E-state index contributed by atoms with van der Waals surface area (Å²) in [7, 11) is 0. The van der Waals surface area contributed by atoms with Crippen LogP contribution in [-0.4, -0.2) is 17.4 Å². The fraction of sp³-hybridized carbons (Fsp3) is 0.600. The summed E-state index contributed by atoms with van der Waals surface area (Å²) in [6, 6.07) is 3.40. The molecule has 1 rings (SSSR count). The molecule has 1 aromatic heterocycles. The van der Waals surface area contributed by atoms with Crippen LogP contribution in [0.2, 0.25) is 5.15 Å². The number of rotatable bonds is 6. The lowest BCUT2D eigenvalue weighted by Crippen LogP contribution is -2.25. The summed E-state index contributed by atoms with van der Waals surface area (Å²) in [6.07, 6.45) is 3.83. The topological polar surface area (TPSA) is 68.0 Å². The quantitative estimate of drug-likeness (QED) is 0.790. The third kappa shape index (κ3) is 5.88. The van der Waals surface area contributed by atoms with E-state index in [9.17, 15) is 4.79 Å². The Morgan fingerprint density at radius 3 is 2.60 bits per heavy atom. The van der Waals surface area contributed by atoms with Crippen LogP contribution in [0.5, 0.6) is 0 Å². The van der Waals surface area contributed by atoms with E-state index in [0.29, 0.717) is 29.7 Å². The van der Waals surface area contributed by atoms with Crippen LogP contribution in [0, 0.1) is 11.3 Å². The minimum absolute atomic E-state index is 0.000365. The van der Waals surface area contributed by atoms with Gasteiger partial charge in [0.1, 0.15) is 5.15 Å². The summed E-state index contributed by atoms with van der Waals surface area (Å²) in [6.45, 7) is 7.22. The standard InChI is InChI=1S/C15H24ClN3O/c1-15(2,3)11(8-9-17)4-7-14(20)19-12-5-6-13(16)18-10-12/h5-6,10-11H,4,7-9,17H2,1-3H3,(H,19,20). The van der Waals surface area contributed by atoms with Gasteiger partial charge in [-0.3, -0.25) is 4.79 Å². The number of pyridine rings is 1. The number of amides is 1. The second kappa shape index (κ2) is 7.60. The first-order valence-corrected chi connectivity index (χ1v) is 7.32. The average molecular weight is 298 g/mol. The van der Waals surface area contributed by atoms with Gasteiger partial charge in [-0.25, -0.2) is 4.98 Å². The Kier molecular flexibility index (Phi) is 6.43. The summed E-state index contributed by atoms with van der Waals surface area (Å²) >= 11 is 5.70. The monoisotopic (exact) mass is 297 g/mol. The average Bonchev–Trinajstić information content (AvgIpc) is 2.36. The lowest BCUT2D eigenvalue weighted by Gasteiger charge is -2.30. The smallest absolute Gasteiger partial charge is 0.224 e. The van der Waals surface area contributed by atoms with E-state index in [1.165, 1.54) is 0 Å². The molecular formula is C15H24ClN3O. The van der Waals surface area contributed by atoms with Crippen molar-refractivity contribution in [1.82, 2.24) is 4.98 Å². The summed E-state index contributed by atoms with van der Waals surface area (Å²) in [4.78, 5) is 15.9. The van der Waals surface area contributed by atoms with Gasteiger partial charge < -0.3 is 11.1 Å². The highest BCUT2D eigenvalue weighted by Gasteiger charge is 2.24. The van der Waals surface area contributed by atoms with E-state index in [4.69, 9.17) is 17.3 Å². The Morgan fingerprint density at radius 2 is 2.10 bits per heavy atom. The van der Waals surface area contributed by atoms with Crippen molar-refractivity contribution >= 4 is 23.2 Å². The van der Waals surface area contributed by atoms with Gasteiger partial charge in [0.25, 0.3) is 0 Å². The van der Waals surface area contributed by atoms with Crippen LogP contribution in [0.25, 0.3) is 0 Å².